The van der Waals surface area contributed by atoms with Crippen molar-refractivity contribution in [2.45, 2.75) is 30.5 Å². The molecule has 1 aliphatic rings. The van der Waals surface area contributed by atoms with Crippen LogP contribution in [0.3, 0.4) is 0 Å². The standard InChI is InChI=1S/C21H21NO6/c23-11-17-18(24)19(25)20(26)21(28-17)12-4-3-5-13(10-12)27-16-8-9-22-15-7-2-1-6-14(15)16/h1-10,17-21,23-26H,11H2/t17-,18-,19+,20+,21?/m1/s1. The number of nitrogens with zero attached hydrogens (tertiary/aromatic N) is 1. The SMILES string of the molecule is OC[C@H]1OC(c2cccc(Oc3ccnc4ccccc34)c2)[C@@H](O)[C@@H](O)[C@@H]1O. The predicted octanol–water partition coefficient (Wildman–Crippen LogP) is 1.54. The molecule has 0 spiro atoms. The number of benzene rings is 2. The first-order chi connectivity index (χ1) is 13.6. The number of ether oxygens (including phenoxy) is 2. The van der Waals surface area contributed by atoms with Crippen molar-refractivity contribution in [2.24, 2.45) is 0 Å². The van der Waals surface area contributed by atoms with Crippen molar-refractivity contribution < 1.29 is 29.9 Å². The van der Waals surface area contributed by atoms with Crippen molar-refractivity contribution in [3.63, 3.8) is 0 Å². The van der Waals surface area contributed by atoms with Crippen molar-refractivity contribution >= 4 is 10.9 Å². The van der Waals surface area contributed by atoms with E-state index in [1.165, 1.54) is 0 Å². The van der Waals surface area contributed by atoms with Crippen molar-refractivity contribution in [3.8, 4) is 11.5 Å². The van der Waals surface area contributed by atoms with E-state index in [1.807, 2.05) is 24.3 Å². The molecule has 3 aromatic rings. The van der Waals surface area contributed by atoms with Gasteiger partial charge in [0, 0.05) is 11.6 Å². The molecule has 146 valence electrons. The molecule has 1 aliphatic heterocycles. The monoisotopic (exact) mass is 383 g/mol. The van der Waals surface area contributed by atoms with E-state index in [0.29, 0.717) is 17.1 Å². The van der Waals surface area contributed by atoms with Gasteiger partial charge in [-0.25, -0.2) is 0 Å². The minimum absolute atomic E-state index is 0.472. The van der Waals surface area contributed by atoms with Crippen molar-refractivity contribution in [1.29, 1.82) is 0 Å². The predicted molar refractivity (Wildman–Crippen MR) is 101 cm³/mol. The van der Waals surface area contributed by atoms with Gasteiger partial charge in [-0.1, -0.05) is 24.3 Å². The molecule has 5 atom stereocenters. The third-order valence-corrected chi connectivity index (χ3v) is 4.92. The number of pyridine rings is 1. The molecule has 1 saturated heterocycles. The maximum atomic E-state index is 10.3. The lowest BCUT2D eigenvalue weighted by Crippen LogP contribution is -2.55. The number of hydrogen-bond acceptors (Lipinski definition) is 7. The summed E-state index contributed by atoms with van der Waals surface area (Å²) in [4.78, 5) is 4.31. The summed E-state index contributed by atoms with van der Waals surface area (Å²) >= 11 is 0. The van der Waals surface area contributed by atoms with Crippen LogP contribution in [0.2, 0.25) is 0 Å². The molecule has 4 N–H and O–H groups in total. The topological polar surface area (TPSA) is 112 Å². The molecule has 7 nitrogen and oxygen atoms in total. The number of para-hydroxylation sites is 1. The Hall–Kier alpha value is -2.55. The highest BCUT2D eigenvalue weighted by Crippen LogP contribution is 2.35. The molecule has 7 heteroatoms. The van der Waals surface area contributed by atoms with Crippen LogP contribution >= 0.6 is 0 Å². The highest BCUT2D eigenvalue weighted by atomic mass is 16.5. The summed E-state index contributed by atoms with van der Waals surface area (Å²) in [5, 5.41) is 40.5. The fourth-order valence-electron chi connectivity index (χ4n) is 3.42. The van der Waals surface area contributed by atoms with Crippen molar-refractivity contribution in [2.75, 3.05) is 6.61 Å². The molecule has 2 heterocycles. The molecular weight excluding hydrogens is 362 g/mol. The van der Waals surface area contributed by atoms with E-state index < -0.39 is 37.1 Å². The number of aliphatic hydroxyl groups is 4. The molecule has 1 fully saturated rings. The summed E-state index contributed by atoms with van der Waals surface area (Å²) in [6.45, 7) is -0.472. The van der Waals surface area contributed by atoms with Gasteiger partial charge < -0.3 is 29.9 Å². The van der Waals surface area contributed by atoms with E-state index in [-0.39, 0.29) is 0 Å². The zero-order valence-corrected chi connectivity index (χ0v) is 14.9. The molecule has 0 saturated carbocycles. The number of fused-ring (bicyclic) bond motifs is 1. The zero-order valence-electron chi connectivity index (χ0n) is 14.9. The van der Waals surface area contributed by atoms with Gasteiger partial charge in [-0.3, -0.25) is 4.98 Å². The van der Waals surface area contributed by atoms with Gasteiger partial charge in [0.05, 0.1) is 12.1 Å². The van der Waals surface area contributed by atoms with Crippen molar-refractivity contribution in [1.82, 2.24) is 4.98 Å². The quantitative estimate of drug-likeness (QED) is 0.541. The van der Waals surface area contributed by atoms with Crippen LogP contribution in [0, 0.1) is 0 Å². The normalized spacial score (nSPS) is 27.6. The van der Waals surface area contributed by atoms with Crippen LogP contribution in [-0.2, 0) is 4.74 Å². The van der Waals surface area contributed by atoms with Crippen LogP contribution in [0.25, 0.3) is 10.9 Å². The van der Waals surface area contributed by atoms with E-state index in [4.69, 9.17) is 9.47 Å². The third kappa shape index (κ3) is 3.46. The Labute approximate surface area is 161 Å². The lowest BCUT2D eigenvalue weighted by Gasteiger charge is -2.40. The highest BCUT2D eigenvalue weighted by molar-refractivity contribution is 5.84. The smallest absolute Gasteiger partial charge is 0.138 e. The van der Waals surface area contributed by atoms with Crippen LogP contribution in [-0.4, -0.2) is 56.4 Å². The number of rotatable bonds is 4. The van der Waals surface area contributed by atoms with E-state index in [1.54, 1.807) is 36.5 Å². The summed E-state index contributed by atoms with van der Waals surface area (Å²) in [6.07, 6.45) is -4.36. The van der Waals surface area contributed by atoms with Gasteiger partial charge in [0.25, 0.3) is 0 Å². The summed E-state index contributed by atoms with van der Waals surface area (Å²) in [7, 11) is 0. The van der Waals surface area contributed by atoms with E-state index in [2.05, 4.69) is 4.98 Å². The number of aromatic nitrogens is 1. The summed E-state index contributed by atoms with van der Waals surface area (Å²) in [5.41, 5.74) is 1.37. The minimum Gasteiger partial charge on any atom is -0.457 e. The van der Waals surface area contributed by atoms with Gasteiger partial charge in [-0.15, -0.1) is 0 Å². The largest absolute Gasteiger partial charge is 0.457 e. The molecular formula is C21H21NO6. The fraction of sp³-hybridized carbons (Fsp3) is 0.286. The molecule has 0 bridgehead atoms. The molecule has 0 radical (unpaired) electrons. The van der Waals surface area contributed by atoms with Crippen molar-refractivity contribution in [3.05, 3.63) is 66.4 Å². The fourth-order valence-corrected chi connectivity index (χ4v) is 3.42. The Kier molecular flexibility index (Phi) is 5.25. The Bertz CT molecular complexity index is 957. The van der Waals surface area contributed by atoms with Gasteiger partial charge in [-0.05, 0) is 35.9 Å². The molecule has 1 unspecified atom stereocenters. The van der Waals surface area contributed by atoms with Crippen LogP contribution in [0.4, 0.5) is 0 Å². The third-order valence-electron chi connectivity index (χ3n) is 4.92. The van der Waals surface area contributed by atoms with Crippen LogP contribution in [0.1, 0.15) is 11.7 Å². The van der Waals surface area contributed by atoms with Crippen LogP contribution in [0.15, 0.2) is 60.8 Å². The molecule has 28 heavy (non-hydrogen) atoms. The Morgan fingerprint density at radius 2 is 1.75 bits per heavy atom. The van der Waals surface area contributed by atoms with Gasteiger partial charge >= 0.3 is 0 Å². The Morgan fingerprint density at radius 3 is 2.57 bits per heavy atom. The summed E-state index contributed by atoms with van der Waals surface area (Å²) < 4.78 is 11.6. The maximum Gasteiger partial charge on any atom is 0.138 e. The molecule has 1 aromatic heterocycles. The Balaban J connectivity index is 1.63. The second kappa shape index (κ2) is 7.83. The van der Waals surface area contributed by atoms with Crippen LogP contribution in [0.5, 0.6) is 11.5 Å². The number of aliphatic hydroxyl groups excluding tert-OH is 4. The van der Waals surface area contributed by atoms with Gasteiger partial charge in [0.15, 0.2) is 0 Å². The van der Waals surface area contributed by atoms with Gasteiger partial charge in [0.2, 0.25) is 0 Å². The van der Waals surface area contributed by atoms with Gasteiger partial charge in [-0.2, -0.15) is 0 Å². The summed E-state index contributed by atoms with van der Waals surface area (Å²) in [6, 6.07) is 16.3. The lowest BCUT2D eigenvalue weighted by atomic mass is 9.91. The highest BCUT2D eigenvalue weighted by Gasteiger charge is 2.43. The van der Waals surface area contributed by atoms with E-state index in [0.717, 1.165) is 10.9 Å². The summed E-state index contributed by atoms with van der Waals surface area (Å²) in [5.74, 6) is 1.15. The first kappa shape index (κ1) is 18.8. The molecule has 0 amide bonds. The second-order valence-electron chi connectivity index (χ2n) is 6.75. The minimum atomic E-state index is -1.43. The van der Waals surface area contributed by atoms with Gasteiger partial charge in [0.1, 0.15) is 42.0 Å². The zero-order chi connectivity index (χ0) is 19.7. The van der Waals surface area contributed by atoms with Crippen LogP contribution < -0.4 is 4.74 Å². The average Bonchev–Trinajstić information content (AvgIpc) is 2.73. The first-order valence-corrected chi connectivity index (χ1v) is 9.00. The maximum absolute atomic E-state index is 10.3. The van der Waals surface area contributed by atoms with E-state index >= 15 is 0 Å². The first-order valence-electron chi connectivity index (χ1n) is 9.00. The molecule has 4 rings (SSSR count). The average molecular weight is 383 g/mol. The molecule has 0 aliphatic carbocycles. The number of hydrogen-bond donors (Lipinski definition) is 4. The lowest BCUT2D eigenvalue weighted by molar-refractivity contribution is -0.231. The van der Waals surface area contributed by atoms with E-state index in [9.17, 15) is 20.4 Å². The molecule has 2 aromatic carbocycles. The Morgan fingerprint density at radius 1 is 0.929 bits per heavy atom. The second-order valence-corrected chi connectivity index (χ2v) is 6.75.